The van der Waals surface area contributed by atoms with Crippen LogP contribution in [0.4, 0.5) is 5.13 Å². The van der Waals surface area contributed by atoms with Crippen molar-refractivity contribution in [1.29, 1.82) is 0 Å². The number of carbonyl (C=O) groups excluding carboxylic acids is 2. The Morgan fingerprint density at radius 2 is 2.03 bits per heavy atom. The highest BCUT2D eigenvalue weighted by molar-refractivity contribution is 7.99. The zero-order chi connectivity index (χ0) is 23.7. The normalized spacial score (nSPS) is 11.3. The Bertz CT molecular complexity index is 1360. The molecule has 1 N–H and O–H groups in total. The lowest BCUT2D eigenvalue weighted by Gasteiger charge is -2.11. The molecule has 0 fully saturated rings. The van der Waals surface area contributed by atoms with E-state index in [-0.39, 0.29) is 17.8 Å². The summed E-state index contributed by atoms with van der Waals surface area (Å²) >= 11 is 2.35. The van der Waals surface area contributed by atoms with Gasteiger partial charge in [-0.25, -0.2) is 9.78 Å². The number of amides is 1. The first-order chi connectivity index (χ1) is 15.8. The first-order valence-corrected chi connectivity index (χ1v) is 12.0. The van der Waals surface area contributed by atoms with E-state index in [1.54, 1.807) is 27.9 Å². The Labute approximate surface area is 198 Å². The molecule has 0 radical (unpaired) electrons. The van der Waals surface area contributed by atoms with Crippen LogP contribution in [0.25, 0.3) is 16.6 Å². The fraction of sp³-hybridized carbons (Fsp3) is 0.318. The lowest BCUT2D eigenvalue weighted by atomic mass is 10.1. The number of hydrogen-bond acceptors (Lipinski definition) is 9. The number of pyridine rings is 1. The largest absolute Gasteiger partial charge is 0.495 e. The molecule has 3 heterocycles. The molecule has 0 atom stereocenters. The quantitative estimate of drug-likeness (QED) is 0.306. The third kappa shape index (κ3) is 4.64. The number of ether oxygens (including phenoxy) is 2. The summed E-state index contributed by atoms with van der Waals surface area (Å²) < 4.78 is 12.7. The zero-order valence-electron chi connectivity index (χ0n) is 18.8. The van der Waals surface area contributed by atoms with Crippen LogP contribution in [0.15, 0.2) is 29.4 Å². The molecule has 4 rings (SSSR count). The molecule has 0 aliphatic carbocycles. The fourth-order valence-corrected chi connectivity index (χ4v) is 4.99. The van der Waals surface area contributed by atoms with Gasteiger partial charge in [-0.15, -0.1) is 10.2 Å². The number of nitrogens with one attached hydrogen (secondary N) is 1. The van der Waals surface area contributed by atoms with Crippen LogP contribution in [-0.4, -0.2) is 50.4 Å². The van der Waals surface area contributed by atoms with E-state index in [2.05, 4.69) is 20.5 Å². The monoisotopic (exact) mass is 485 g/mol. The van der Waals surface area contributed by atoms with Crippen molar-refractivity contribution in [3.05, 3.63) is 40.4 Å². The number of esters is 1. The molecule has 33 heavy (non-hydrogen) atoms. The fourth-order valence-electron chi connectivity index (χ4n) is 3.38. The van der Waals surface area contributed by atoms with Crippen molar-refractivity contribution >= 4 is 56.7 Å². The maximum absolute atomic E-state index is 12.6. The van der Waals surface area contributed by atoms with Gasteiger partial charge in [-0.2, -0.15) is 0 Å². The molecular weight excluding hydrogens is 462 g/mol. The number of fused-ring (bicyclic) bond motifs is 3. The number of aryl methyl sites for hydroxylation is 2. The van der Waals surface area contributed by atoms with Crippen molar-refractivity contribution in [3.8, 4) is 5.75 Å². The minimum atomic E-state index is -0.444. The number of thioether (sulfide) groups is 1. The smallest absolute Gasteiger partial charge is 0.350 e. The van der Waals surface area contributed by atoms with Gasteiger partial charge in [0.1, 0.15) is 10.6 Å². The van der Waals surface area contributed by atoms with Gasteiger partial charge in [-0.1, -0.05) is 35.2 Å². The summed E-state index contributed by atoms with van der Waals surface area (Å²) in [4.78, 5) is 29.4. The van der Waals surface area contributed by atoms with E-state index in [0.717, 1.165) is 27.8 Å². The van der Waals surface area contributed by atoms with Crippen molar-refractivity contribution in [2.24, 2.45) is 0 Å². The molecule has 0 aliphatic rings. The van der Waals surface area contributed by atoms with Gasteiger partial charge >= 0.3 is 5.97 Å². The first kappa shape index (κ1) is 23.0. The lowest BCUT2D eigenvalue weighted by Crippen LogP contribution is -2.14. The SMILES string of the molecule is COc1cccc2c(C)cc3nnc(SCC(=O)Nc4nc(C)c(C(=O)OC(C)C)s4)n3c12. The van der Waals surface area contributed by atoms with Crippen LogP contribution in [0.2, 0.25) is 0 Å². The Morgan fingerprint density at radius 3 is 2.76 bits per heavy atom. The topological polar surface area (TPSA) is 108 Å². The number of para-hydroxylation sites is 1. The molecule has 0 saturated heterocycles. The molecule has 172 valence electrons. The molecule has 0 saturated carbocycles. The Balaban J connectivity index is 1.53. The summed E-state index contributed by atoms with van der Waals surface area (Å²) in [5, 5.41) is 13.2. The van der Waals surface area contributed by atoms with Gasteiger partial charge in [0.05, 0.1) is 30.2 Å². The summed E-state index contributed by atoms with van der Waals surface area (Å²) in [5.41, 5.74) is 3.11. The van der Waals surface area contributed by atoms with Gasteiger partial charge in [0.2, 0.25) is 5.91 Å². The van der Waals surface area contributed by atoms with Crippen molar-refractivity contribution < 1.29 is 19.1 Å². The summed E-state index contributed by atoms with van der Waals surface area (Å²) in [6.45, 7) is 7.28. The van der Waals surface area contributed by atoms with Crippen LogP contribution in [0.1, 0.15) is 34.8 Å². The number of carbonyl (C=O) groups is 2. The average molecular weight is 486 g/mol. The second-order valence-electron chi connectivity index (χ2n) is 7.58. The van der Waals surface area contributed by atoms with Gasteiger partial charge in [-0.3, -0.25) is 9.20 Å². The van der Waals surface area contributed by atoms with Crippen LogP contribution in [0.3, 0.4) is 0 Å². The second kappa shape index (κ2) is 9.36. The molecule has 0 unspecified atom stereocenters. The third-order valence-electron chi connectivity index (χ3n) is 4.77. The van der Waals surface area contributed by atoms with Gasteiger partial charge in [0, 0.05) is 5.39 Å². The number of nitrogens with zero attached hydrogens (tertiary/aromatic N) is 4. The van der Waals surface area contributed by atoms with Gasteiger partial charge in [0.25, 0.3) is 0 Å². The summed E-state index contributed by atoms with van der Waals surface area (Å²) in [6.07, 6.45) is -0.232. The molecule has 0 bridgehead atoms. The van der Waals surface area contributed by atoms with Crippen LogP contribution in [0.5, 0.6) is 5.75 Å². The van der Waals surface area contributed by atoms with Crippen LogP contribution < -0.4 is 10.1 Å². The van der Waals surface area contributed by atoms with Crippen molar-refractivity contribution in [2.75, 3.05) is 18.2 Å². The minimum Gasteiger partial charge on any atom is -0.495 e. The van der Waals surface area contributed by atoms with Crippen molar-refractivity contribution in [3.63, 3.8) is 0 Å². The summed E-state index contributed by atoms with van der Waals surface area (Å²) in [6, 6.07) is 7.79. The molecular formula is C22H23N5O4S2. The van der Waals surface area contributed by atoms with E-state index in [1.165, 1.54) is 11.8 Å². The highest BCUT2D eigenvalue weighted by Crippen LogP contribution is 2.32. The number of hydrogen-bond donors (Lipinski definition) is 1. The van der Waals surface area contributed by atoms with Gasteiger partial charge in [-0.05, 0) is 45.4 Å². The number of rotatable bonds is 7. The molecule has 11 heteroatoms. The van der Waals surface area contributed by atoms with Crippen molar-refractivity contribution in [2.45, 2.75) is 39.0 Å². The number of anilines is 1. The van der Waals surface area contributed by atoms with Crippen LogP contribution in [-0.2, 0) is 9.53 Å². The highest BCUT2D eigenvalue weighted by atomic mass is 32.2. The van der Waals surface area contributed by atoms with E-state index in [1.807, 2.05) is 35.6 Å². The molecule has 1 amide bonds. The first-order valence-electron chi connectivity index (χ1n) is 10.2. The van der Waals surface area contributed by atoms with Crippen molar-refractivity contribution in [1.82, 2.24) is 19.6 Å². The highest BCUT2D eigenvalue weighted by Gasteiger charge is 2.20. The number of thiazole rings is 1. The number of aromatic nitrogens is 4. The van der Waals surface area contributed by atoms with E-state index in [9.17, 15) is 9.59 Å². The average Bonchev–Trinajstić information content (AvgIpc) is 3.34. The predicted molar refractivity (Wildman–Crippen MR) is 129 cm³/mol. The van der Waals surface area contributed by atoms with Crippen LogP contribution >= 0.6 is 23.1 Å². The van der Waals surface area contributed by atoms with E-state index >= 15 is 0 Å². The lowest BCUT2D eigenvalue weighted by molar-refractivity contribution is -0.113. The molecule has 0 aliphatic heterocycles. The molecule has 4 aromatic rings. The number of benzene rings is 1. The minimum absolute atomic E-state index is 0.0930. The maximum Gasteiger partial charge on any atom is 0.350 e. The Hall–Kier alpha value is -3.18. The second-order valence-corrected chi connectivity index (χ2v) is 9.53. The van der Waals surface area contributed by atoms with Gasteiger partial charge < -0.3 is 14.8 Å². The summed E-state index contributed by atoms with van der Waals surface area (Å²) in [5.74, 6) is 0.0837. The molecule has 1 aromatic carbocycles. The summed E-state index contributed by atoms with van der Waals surface area (Å²) in [7, 11) is 1.62. The Morgan fingerprint density at radius 1 is 1.24 bits per heavy atom. The standard InChI is InChI=1S/C22H23N5O4S2/c1-11(2)31-20(29)19-13(4)23-21(33-19)24-17(28)10-32-22-26-25-16-9-12(3)14-7-6-8-15(30-5)18(14)27(16)22/h6-9,11H,10H2,1-5H3,(H,23,24,28). The molecule has 9 nitrogen and oxygen atoms in total. The van der Waals surface area contributed by atoms with Crippen LogP contribution in [0, 0.1) is 13.8 Å². The van der Waals surface area contributed by atoms with Gasteiger partial charge in [0.15, 0.2) is 15.9 Å². The Kier molecular flexibility index (Phi) is 6.52. The van der Waals surface area contributed by atoms with E-state index < -0.39 is 5.97 Å². The molecule has 0 spiro atoms. The number of methoxy groups -OCH3 is 1. The predicted octanol–water partition coefficient (Wildman–Crippen LogP) is 4.26. The maximum atomic E-state index is 12.6. The van der Waals surface area contributed by atoms with E-state index in [4.69, 9.17) is 9.47 Å². The van der Waals surface area contributed by atoms with E-state index in [0.29, 0.717) is 32.3 Å². The molecule has 3 aromatic heterocycles. The zero-order valence-corrected chi connectivity index (χ0v) is 20.5. The third-order valence-corrected chi connectivity index (χ3v) is 6.76.